The molecule has 1 aromatic heterocycles. The predicted octanol–water partition coefficient (Wildman–Crippen LogP) is 4.72. The molecule has 0 aliphatic rings. The molecule has 0 aliphatic carbocycles. The van der Waals surface area contributed by atoms with Gasteiger partial charge in [0, 0.05) is 11.3 Å². The number of hydrogen-bond acceptors (Lipinski definition) is 5. The molecule has 3 aromatic rings. The van der Waals surface area contributed by atoms with Gasteiger partial charge in [0.15, 0.2) is 4.34 Å². The van der Waals surface area contributed by atoms with Gasteiger partial charge in [0.25, 0.3) is 5.91 Å². The summed E-state index contributed by atoms with van der Waals surface area (Å²) < 4.78 is 2.01. The number of aromatic nitrogens is 1. The highest BCUT2D eigenvalue weighted by atomic mass is 32.2. The third-order valence-electron chi connectivity index (χ3n) is 4.36. The molecule has 0 radical (unpaired) electrons. The summed E-state index contributed by atoms with van der Waals surface area (Å²) in [6.45, 7) is 5.79. The lowest BCUT2D eigenvalue weighted by molar-refractivity contribution is -0.118. The molecule has 0 saturated heterocycles. The van der Waals surface area contributed by atoms with E-state index < -0.39 is 6.04 Å². The number of carbonyl (C=O) groups excluding carboxylic acids is 2. The summed E-state index contributed by atoms with van der Waals surface area (Å²) in [6.07, 6.45) is 1.99. The van der Waals surface area contributed by atoms with Gasteiger partial charge >= 0.3 is 0 Å². The highest BCUT2D eigenvalue weighted by Crippen LogP contribution is 2.30. The molecule has 7 heteroatoms. The summed E-state index contributed by atoms with van der Waals surface area (Å²) in [7, 11) is 0. The van der Waals surface area contributed by atoms with Crippen LogP contribution in [-0.4, -0.2) is 29.1 Å². The Morgan fingerprint density at radius 2 is 1.82 bits per heavy atom. The van der Waals surface area contributed by atoms with E-state index in [0.717, 1.165) is 20.1 Å². The molecule has 0 fully saturated rings. The maximum atomic E-state index is 12.8. The Hall–Kier alpha value is -2.38. The number of amides is 2. The number of nitrogens with one attached hydrogen (secondary N) is 2. The summed E-state index contributed by atoms with van der Waals surface area (Å²) >= 11 is 3.19. The topological polar surface area (TPSA) is 71.1 Å². The minimum absolute atomic E-state index is 0.0513. The highest BCUT2D eigenvalue weighted by Gasteiger charge is 2.25. The zero-order valence-electron chi connectivity index (χ0n) is 16.3. The first-order chi connectivity index (χ1) is 13.4. The smallest absolute Gasteiger partial charge is 0.251 e. The Morgan fingerprint density at radius 3 is 2.46 bits per heavy atom. The molecule has 28 heavy (non-hydrogen) atoms. The molecular formula is C21H23N3O2S2. The number of carbonyl (C=O) groups is 2. The second kappa shape index (κ2) is 8.75. The fourth-order valence-corrected chi connectivity index (χ4v) is 4.28. The van der Waals surface area contributed by atoms with Crippen LogP contribution < -0.4 is 10.6 Å². The van der Waals surface area contributed by atoms with Crippen molar-refractivity contribution in [3.05, 3.63) is 53.6 Å². The third kappa shape index (κ3) is 4.72. The van der Waals surface area contributed by atoms with Crippen LogP contribution in [0.15, 0.2) is 46.8 Å². The summed E-state index contributed by atoms with van der Waals surface area (Å²) in [4.78, 5) is 29.9. The van der Waals surface area contributed by atoms with Crippen LogP contribution in [0.2, 0.25) is 0 Å². The molecular weight excluding hydrogens is 390 g/mol. The van der Waals surface area contributed by atoms with Crippen LogP contribution in [0.4, 0.5) is 5.69 Å². The van der Waals surface area contributed by atoms with E-state index in [-0.39, 0.29) is 17.7 Å². The van der Waals surface area contributed by atoms with E-state index in [1.54, 1.807) is 35.2 Å². The molecule has 2 N–H and O–H groups in total. The molecule has 2 aromatic carbocycles. The van der Waals surface area contributed by atoms with E-state index in [1.807, 2.05) is 57.4 Å². The van der Waals surface area contributed by atoms with Gasteiger partial charge in [-0.1, -0.05) is 43.3 Å². The fraction of sp³-hybridized carbons (Fsp3) is 0.286. The van der Waals surface area contributed by atoms with Crippen LogP contribution in [-0.2, 0) is 4.79 Å². The molecule has 2 amide bonds. The van der Waals surface area contributed by atoms with E-state index in [9.17, 15) is 9.59 Å². The van der Waals surface area contributed by atoms with Crippen molar-refractivity contribution in [1.82, 2.24) is 10.3 Å². The van der Waals surface area contributed by atoms with Crippen LogP contribution in [0, 0.1) is 12.8 Å². The second-order valence-electron chi connectivity index (χ2n) is 6.92. The predicted molar refractivity (Wildman–Crippen MR) is 117 cm³/mol. The Labute approximate surface area is 172 Å². The molecule has 0 bridgehead atoms. The minimum atomic E-state index is -0.632. The average molecular weight is 414 g/mol. The second-order valence-corrected chi connectivity index (χ2v) is 9.00. The van der Waals surface area contributed by atoms with Crippen LogP contribution in [0.3, 0.4) is 0 Å². The highest BCUT2D eigenvalue weighted by molar-refractivity contribution is 8.00. The maximum Gasteiger partial charge on any atom is 0.251 e. The Kier molecular flexibility index (Phi) is 6.36. The fourth-order valence-electron chi connectivity index (χ4n) is 2.75. The van der Waals surface area contributed by atoms with Crippen molar-refractivity contribution in [1.29, 1.82) is 0 Å². The number of aryl methyl sites for hydroxylation is 1. The summed E-state index contributed by atoms with van der Waals surface area (Å²) in [5.41, 5.74) is 3.24. The molecule has 1 heterocycles. The average Bonchev–Trinajstić information content (AvgIpc) is 3.08. The number of nitrogens with zero attached hydrogens (tertiary/aromatic N) is 1. The molecule has 3 rings (SSSR count). The number of rotatable bonds is 6. The van der Waals surface area contributed by atoms with Gasteiger partial charge in [-0.15, -0.1) is 11.3 Å². The quantitative estimate of drug-likeness (QED) is 0.574. The van der Waals surface area contributed by atoms with Crippen molar-refractivity contribution in [2.24, 2.45) is 5.92 Å². The van der Waals surface area contributed by atoms with Gasteiger partial charge < -0.3 is 10.6 Å². The van der Waals surface area contributed by atoms with Crippen molar-refractivity contribution < 1.29 is 9.59 Å². The van der Waals surface area contributed by atoms with E-state index >= 15 is 0 Å². The van der Waals surface area contributed by atoms with Crippen molar-refractivity contribution in [3.8, 4) is 0 Å². The normalized spacial score (nSPS) is 12.2. The Balaban J connectivity index is 1.73. The molecule has 5 nitrogen and oxygen atoms in total. The van der Waals surface area contributed by atoms with E-state index in [4.69, 9.17) is 0 Å². The summed E-state index contributed by atoms with van der Waals surface area (Å²) in [5, 5.41) is 5.79. The van der Waals surface area contributed by atoms with Crippen molar-refractivity contribution in [2.45, 2.75) is 31.2 Å². The van der Waals surface area contributed by atoms with Crippen molar-refractivity contribution in [2.75, 3.05) is 11.6 Å². The van der Waals surface area contributed by atoms with Gasteiger partial charge in [-0.05, 0) is 49.4 Å². The number of benzene rings is 2. The molecule has 0 aliphatic heterocycles. The van der Waals surface area contributed by atoms with E-state index in [2.05, 4.69) is 15.6 Å². The SMILES string of the molecule is CSc1nc2ccc(NC(=O)[C@H](NC(=O)c3ccc(C)cc3)C(C)C)cc2s1. The Bertz CT molecular complexity index is 997. The van der Waals surface area contributed by atoms with Gasteiger partial charge in [0.1, 0.15) is 6.04 Å². The number of anilines is 1. The van der Waals surface area contributed by atoms with Gasteiger partial charge in [-0.2, -0.15) is 0 Å². The minimum Gasteiger partial charge on any atom is -0.340 e. The van der Waals surface area contributed by atoms with Crippen molar-refractivity contribution in [3.63, 3.8) is 0 Å². The van der Waals surface area contributed by atoms with Crippen LogP contribution in [0.5, 0.6) is 0 Å². The first-order valence-electron chi connectivity index (χ1n) is 9.00. The molecule has 1 atom stereocenters. The standard InChI is InChI=1S/C21H23N3O2S2/c1-12(2)18(24-19(25)14-7-5-13(3)6-8-14)20(26)22-15-9-10-16-17(11-15)28-21(23-16)27-4/h5-12,18H,1-4H3,(H,22,26)(H,24,25)/t18-/m1/s1. The number of thioether (sulfide) groups is 1. The van der Waals surface area contributed by atoms with Gasteiger partial charge in [0.05, 0.1) is 10.2 Å². The van der Waals surface area contributed by atoms with E-state index in [0.29, 0.717) is 11.3 Å². The molecule has 0 spiro atoms. The monoisotopic (exact) mass is 413 g/mol. The van der Waals surface area contributed by atoms with Gasteiger partial charge in [-0.3, -0.25) is 9.59 Å². The number of fused-ring (bicyclic) bond motifs is 1. The summed E-state index contributed by atoms with van der Waals surface area (Å²) in [5.74, 6) is -0.537. The van der Waals surface area contributed by atoms with Crippen LogP contribution in [0.1, 0.15) is 29.8 Å². The first-order valence-corrected chi connectivity index (χ1v) is 11.0. The molecule has 146 valence electrons. The first kappa shape index (κ1) is 20.4. The van der Waals surface area contributed by atoms with E-state index in [1.165, 1.54) is 0 Å². The zero-order chi connectivity index (χ0) is 20.3. The number of hydrogen-bond donors (Lipinski definition) is 2. The summed E-state index contributed by atoms with van der Waals surface area (Å²) in [6, 6.07) is 12.3. The largest absolute Gasteiger partial charge is 0.340 e. The molecule has 0 saturated carbocycles. The van der Waals surface area contributed by atoms with Gasteiger partial charge in [0.2, 0.25) is 5.91 Å². The zero-order valence-corrected chi connectivity index (χ0v) is 17.9. The van der Waals surface area contributed by atoms with Crippen molar-refractivity contribution >= 4 is 50.8 Å². The van der Waals surface area contributed by atoms with Crippen LogP contribution in [0.25, 0.3) is 10.2 Å². The van der Waals surface area contributed by atoms with Gasteiger partial charge in [-0.25, -0.2) is 4.98 Å². The Morgan fingerprint density at radius 1 is 1.11 bits per heavy atom. The lowest BCUT2D eigenvalue weighted by Gasteiger charge is -2.22. The lowest BCUT2D eigenvalue weighted by Crippen LogP contribution is -2.47. The third-order valence-corrected chi connectivity index (χ3v) is 6.36. The maximum absolute atomic E-state index is 12.8. The van der Waals surface area contributed by atoms with Crippen LogP contribution >= 0.6 is 23.1 Å². The molecule has 0 unspecified atom stereocenters. The lowest BCUT2D eigenvalue weighted by atomic mass is 10.0. The number of thiazole rings is 1.